The number of piperidine rings is 1. The van der Waals surface area contributed by atoms with Crippen molar-refractivity contribution in [2.45, 2.75) is 32.2 Å². The molecule has 0 saturated carbocycles. The number of pyridine rings is 1. The second-order valence-electron chi connectivity index (χ2n) is 6.65. The third-order valence-corrected chi connectivity index (χ3v) is 4.85. The lowest BCUT2D eigenvalue weighted by Gasteiger charge is -2.38. The smallest absolute Gasteiger partial charge is 0.321 e. The van der Waals surface area contributed by atoms with E-state index in [0.717, 1.165) is 18.5 Å². The highest BCUT2D eigenvalue weighted by atomic mass is 16.2. The maximum absolute atomic E-state index is 12.5. The van der Waals surface area contributed by atoms with Crippen LogP contribution in [-0.4, -0.2) is 41.0 Å². The van der Waals surface area contributed by atoms with Gasteiger partial charge in [-0.3, -0.25) is 4.79 Å². The number of hydrogen-bond donors (Lipinski definition) is 1. The zero-order chi connectivity index (χ0) is 19.9. The minimum absolute atomic E-state index is 0.0791. The van der Waals surface area contributed by atoms with Crippen molar-refractivity contribution in [3.8, 4) is 6.07 Å². The van der Waals surface area contributed by atoms with E-state index in [-0.39, 0.29) is 18.0 Å². The third kappa shape index (κ3) is 4.46. The van der Waals surface area contributed by atoms with Crippen LogP contribution in [0.4, 0.5) is 16.2 Å². The zero-order valence-electron chi connectivity index (χ0n) is 15.8. The summed E-state index contributed by atoms with van der Waals surface area (Å²) in [6, 6.07) is 14.7. The highest BCUT2D eigenvalue weighted by molar-refractivity contribution is 5.94. The number of aromatic nitrogens is 1. The molecule has 28 heavy (non-hydrogen) atoms. The number of para-hydroxylation sites is 1. The Kier molecular flexibility index (Phi) is 6.22. The number of carbonyl (C=O) groups is 2. The van der Waals surface area contributed by atoms with Crippen molar-refractivity contribution in [2.24, 2.45) is 0 Å². The van der Waals surface area contributed by atoms with Gasteiger partial charge >= 0.3 is 6.03 Å². The van der Waals surface area contributed by atoms with Crippen molar-refractivity contribution in [1.82, 2.24) is 9.88 Å². The summed E-state index contributed by atoms with van der Waals surface area (Å²) in [6.07, 6.45) is 3.36. The van der Waals surface area contributed by atoms with Crippen LogP contribution in [0.3, 0.4) is 0 Å². The van der Waals surface area contributed by atoms with Gasteiger partial charge in [0.25, 0.3) is 0 Å². The van der Waals surface area contributed by atoms with E-state index in [1.165, 1.54) is 6.20 Å². The van der Waals surface area contributed by atoms with E-state index in [1.54, 1.807) is 17.0 Å². The van der Waals surface area contributed by atoms with E-state index in [4.69, 9.17) is 5.26 Å². The molecule has 0 spiro atoms. The number of carbonyl (C=O) groups excluding carboxylic acids is 2. The van der Waals surface area contributed by atoms with Crippen molar-refractivity contribution in [3.63, 3.8) is 0 Å². The summed E-state index contributed by atoms with van der Waals surface area (Å²) in [7, 11) is 0. The summed E-state index contributed by atoms with van der Waals surface area (Å²) in [6.45, 7) is 3.01. The number of nitrogens with zero attached hydrogens (tertiary/aromatic N) is 4. The van der Waals surface area contributed by atoms with Crippen LogP contribution >= 0.6 is 0 Å². The Morgan fingerprint density at radius 3 is 2.50 bits per heavy atom. The first kappa shape index (κ1) is 19.4. The van der Waals surface area contributed by atoms with Gasteiger partial charge in [0.05, 0.1) is 11.9 Å². The molecule has 1 aromatic carbocycles. The molecule has 0 radical (unpaired) electrons. The van der Waals surface area contributed by atoms with Crippen LogP contribution in [-0.2, 0) is 4.79 Å². The number of anilines is 2. The van der Waals surface area contributed by atoms with E-state index in [2.05, 4.69) is 10.3 Å². The fraction of sp³-hybridized carbons (Fsp3) is 0.333. The number of benzene rings is 1. The van der Waals surface area contributed by atoms with Gasteiger partial charge in [0, 0.05) is 31.2 Å². The fourth-order valence-electron chi connectivity index (χ4n) is 3.38. The molecule has 3 rings (SSSR count). The van der Waals surface area contributed by atoms with Crippen molar-refractivity contribution >= 4 is 23.3 Å². The maximum Gasteiger partial charge on any atom is 0.321 e. The van der Waals surface area contributed by atoms with Crippen molar-refractivity contribution in [3.05, 3.63) is 54.4 Å². The Balaban J connectivity index is 1.61. The molecule has 1 aliphatic rings. The van der Waals surface area contributed by atoms with Gasteiger partial charge in [-0.05, 0) is 37.1 Å². The largest absolute Gasteiger partial charge is 0.324 e. The summed E-state index contributed by atoms with van der Waals surface area (Å²) in [5.74, 6) is 0.0951. The second kappa shape index (κ2) is 9.00. The SMILES string of the molecule is CCC(=O)N(c1ccccc1)C1CCN(C(=O)Nc2ccc(C#N)nc2)CC1. The molecule has 2 aromatic rings. The summed E-state index contributed by atoms with van der Waals surface area (Å²) in [5, 5.41) is 11.6. The van der Waals surface area contributed by atoms with E-state index in [9.17, 15) is 9.59 Å². The summed E-state index contributed by atoms with van der Waals surface area (Å²) in [5.41, 5.74) is 1.76. The molecule has 1 saturated heterocycles. The van der Waals surface area contributed by atoms with Crippen LogP contribution in [0.15, 0.2) is 48.7 Å². The average molecular weight is 377 g/mol. The summed E-state index contributed by atoms with van der Waals surface area (Å²) >= 11 is 0. The molecule has 1 N–H and O–H groups in total. The highest BCUT2D eigenvalue weighted by Gasteiger charge is 2.30. The first-order valence-corrected chi connectivity index (χ1v) is 9.41. The monoisotopic (exact) mass is 377 g/mol. The van der Waals surface area contributed by atoms with Gasteiger partial charge in [0.15, 0.2) is 0 Å². The number of hydrogen-bond acceptors (Lipinski definition) is 4. The fourth-order valence-corrected chi connectivity index (χ4v) is 3.38. The van der Waals surface area contributed by atoms with Gasteiger partial charge in [-0.15, -0.1) is 0 Å². The van der Waals surface area contributed by atoms with Gasteiger partial charge < -0.3 is 15.1 Å². The number of rotatable bonds is 4. The number of likely N-dealkylation sites (tertiary alicyclic amines) is 1. The molecular formula is C21H23N5O2. The predicted molar refractivity (Wildman–Crippen MR) is 107 cm³/mol. The zero-order valence-corrected chi connectivity index (χ0v) is 15.8. The summed E-state index contributed by atoms with van der Waals surface area (Å²) < 4.78 is 0. The molecule has 1 aliphatic heterocycles. The van der Waals surface area contributed by atoms with Crippen LogP contribution in [0.5, 0.6) is 0 Å². The maximum atomic E-state index is 12.5. The van der Waals surface area contributed by atoms with Gasteiger partial charge in [0.1, 0.15) is 11.8 Å². The van der Waals surface area contributed by atoms with Crippen LogP contribution in [0, 0.1) is 11.3 Å². The second-order valence-corrected chi connectivity index (χ2v) is 6.65. The number of nitriles is 1. The quantitative estimate of drug-likeness (QED) is 0.884. The van der Waals surface area contributed by atoms with Crippen molar-refractivity contribution in [2.75, 3.05) is 23.3 Å². The molecule has 0 unspecified atom stereocenters. The molecule has 0 aliphatic carbocycles. The van der Waals surface area contributed by atoms with Gasteiger partial charge in [-0.1, -0.05) is 25.1 Å². The van der Waals surface area contributed by atoms with E-state index < -0.39 is 0 Å². The first-order valence-electron chi connectivity index (χ1n) is 9.41. The van der Waals surface area contributed by atoms with Crippen molar-refractivity contribution < 1.29 is 9.59 Å². The molecule has 1 aromatic heterocycles. The molecule has 3 amide bonds. The molecular weight excluding hydrogens is 354 g/mol. The van der Waals surface area contributed by atoms with E-state index >= 15 is 0 Å². The van der Waals surface area contributed by atoms with Crippen LogP contribution < -0.4 is 10.2 Å². The molecule has 1 fully saturated rings. The van der Waals surface area contributed by atoms with E-state index in [1.807, 2.05) is 48.2 Å². The lowest BCUT2D eigenvalue weighted by molar-refractivity contribution is -0.119. The summed E-state index contributed by atoms with van der Waals surface area (Å²) in [4.78, 5) is 32.6. The highest BCUT2D eigenvalue weighted by Crippen LogP contribution is 2.25. The lowest BCUT2D eigenvalue weighted by Crippen LogP contribution is -2.49. The van der Waals surface area contributed by atoms with Crippen LogP contribution in [0.2, 0.25) is 0 Å². The Labute approximate surface area is 164 Å². The molecule has 2 heterocycles. The predicted octanol–water partition coefficient (Wildman–Crippen LogP) is 3.39. The van der Waals surface area contributed by atoms with Crippen LogP contribution in [0.25, 0.3) is 0 Å². The minimum Gasteiger partial charge on any atom is -0.324 e. The standard InChI is InChI=1S/C21H23N5O2/c1-2-20(27)26(18-6-4-3-5-7-18)19-10-12-25(13-11-19)21(28)24-17-9-8-16(14-22)23-15-17/h3-9,15,19H,2,10-13H2,1H3,(H,24,28). The molecule has 7 heteroatoms. The normalized spacial score (nSPS) is 14.2. The molecule has 0 bridgehead atoms. The number of amides is 3. The third-order valence-electron chi connectivity index (χ3n) is 4.85. The van der Waals surface area contributed by atoms with Gasteiger partial charge in [-0.25, -0.2) is 9.78 Å². The first-order chi connectivity index (χ1) is 13.6. The Morgan fingerprint density at radius 2 is 1.93 bits per heavy atom. The molecule has 144 valence electrons. The molecule has 0 atom stereocenters. The van der Waals surface area contributed by atoms with Crippen molar-refractivity contribution in [1.29, 1.82) is 5.26 Å². The number of nitrogens with one attached hydrogen (secondary N) is 1. The number of urea groups is 1. The van der Waals surface area contributed by atoms with Crippen LogP contribution in [0.1, 0.15) is 31.9 Å². The minimum atomic E-state index is -0.196. The Hall–Kier alpha value is -3.40. The van der Waals surface area contributed by atoms with Gasteiger partial charge in [0.2, 0.25) is 5.91 Å². The van der Waals surface area contributed by atoms with E-state index in [0.29, 0.717) is 30.9 Å². The Morgan fingerprint density at radius 1 is 1.21 bits per heavy atom. The topological polar surface area (TPSA) is 89.3 Å². The Bertz CT molecular complexity index is 853. The lowest BCUT2D eigenvalue weighted by atomic mass is 10.0. The average Bonchev–Trinajstić information content (AvgIpc) is 2.75. The molecule has 7 nitrogen and oxygen atoms in total. The van der Waals surface area contributed by atoms with Gasteiger partial charge in [-0.2, -0.15) is 5.26 Å².